The van der Waals surface area contributed by atoms with Gasteiger partial charge in [-0.3, -0.25) is 0 Å². The van der Waals surface area contributed by atoms with E-state index in [1.165, 1.54) is 0 Å². The van der Waals surface area contributed by atoms with Gasteiger partial charge in [0, 0.05) is 0 Å². The van der Waals surface area contributed by atoms with Gasteiger partial charge in [0.2, 0.25) is 0 Å². The van der Waals surface area contributed by atoms with Gasteiger partial charge in [-0.2, -0.15) is 0 Å². The Morgan fingerprint density at radius 3 is 0.778 bits per heavy atom. The third-order valence-electron chi connectivity index (χ3n) is 2.46. The predicted molar refractivity (Wildman–Crippen MR) is 81.6 cm³/mol. The molecule has 0 aliphatic heterocycles. The monoisotopic (exact) mass is 590 g/mol. The van der Waals surface area contributed by atoms with Gasteiger partial charge in [-0.05, 0) is 0 Å². The Morgan fingerprint density at radius 2 is 0.667 bits per heavy atom. The first-order valence-corrected chi connectivity index (χ1v) is 30.0. The Labute approximate surface area is 128 Å². The summed E-state index contributed by atoms with van der Waals surface area (Å²) in [6.45, 7) is 0. The van der Waals surface area contributed by atoms with E-state index in [2.05, 4.69) is 29.6 Å². The van der Waals surface area contributed by atoms with Crippen molar-refractivity contribution in [3.63, 3.8) is 0 Å². The summed E-state index contributed by atoms with van der Waals surface area (Å²) in [5, 5.41) is 0. The summed E-state index contributed by atoms with van der Waals surface area (Å²) in [6.07, 6.45) is 0. The van der Waals surface area contributed by atoms with Gasteiger partial charge in [-0.25, -0.2) is 0 Å². The van der Waals surface area contributed by atoms with Crippen molar-refractivity contribution in [1.82, 2.24) is 0 Å². The molecule has 0 saturated heterocycles. The molecular weight excluding hydrogens is 556 g/mol. The summed E-state index contributed by atoms with van der Waals surface area (Å²) in [5.41, 5.74) is 0. The van der Waals surface area contributed by atoms with Crippen molar-refractivity contribution < 1.29 is 13.7 Å². The van der Waals surface area contributed by atoms with Gasteiger partial charge in [0.25, 0.3) is 0 Å². The second kappa shape index (κ2) is 10.0. The minimum atomic E-state index is -2.56. The van der Waals surface area contributed by atoms with Crippen LogP contribution in [0.4, 0.5) is 0 Å². The molecule has 0 rings (SSSR count). The minimum absolute atomic E-state index is 1.71. The van der Waals surface area contributed by atoms with Crippen molar-refractivity contribution in [2.75, 3.05) is 28.4 Å². The van der Waals surface area contributed by atoms with Crippen LogP contribution < -0.4 is 0 Å². The maximum atomic E-state index is 5.90. The van der Waals surface area contributed by atoms with Crippen LogP contribution in [0.5, 0.6) is 0 Å². The predicted octanol–water partition coefficient (Wildman–Crippen LogP) is 2.68. The molecule has 0 fully saturated rings. The van der Waals surface area contributed by atoms with Crippen molar-refractivity contribution in [3.05, 3.63) is 0 Å². The van der Waals surface area contributed by atoms with E-state index in [1.54, 1.807) is 28.4 Å². The zero-order chi connectivity index (χ0) is 15.0. The molecule has 0 aliphatic carbocycles. The first-order valence-electron chi connectivity index (χ1n) is 5.86. The Bertz CT molecular complexity index is 202. The quantitative estimate of drug-likeness (QED) is 0.449. The van der Waals surface area contributed by atoms with Crippen molar-refractivity contribution >= 4 is 57.6 Å². The van der Waals surface area contributed by atoms with Crippen LogP contribution in [-0.2, 0) is 13.7 Å². The molecule has 18 heavy (non-hydrogen) atoms. The Balaban J connectivity index is 0. The van der Waals surface area contributed by atoms with E-state index in [-0.39, 0.29) is 0 Å². The van der Waals surface area contributed by atoms with Gasteiger partial charge in [0.05, 0.1) is 0 Å². The van der Waals surface area contributed by atoms with Crippen molar-refractivity contribution in [2.24, 2.45) is 0 Å². The fraction of sp³-hybridized carbons (Fsp3) is 1.00. The van der Waals surface area contributed by atoms with Crippen molar-refractivity contribution in [3.8, 4) is 0 Å². The molecule has 0 aromatic rings. The second-order valence-corrected chi connectivity index (χ2v) is 38.2. The molecule has 0 heterocycles. The Morgan fingerprint density at radius 1 is 0.444 bits per heavy atom. The summed E-state index contributed by atoms with van der Waals surface area (Å²) < 4.78 is 26.7. The van der Waals surface area contributed by atoms with Crippen LogP contribution in [0.2, 0.25) is 29.6 Å². The molecule has 112 valence electrons. The zero-order valence-electron chi connectivity index (χ0n) is 13.5. The SMILES string of the molecule is C[O][Sn]([CH3])([CH3])[O]C.C[O][Sn]([CH3])([CH3])[O][Sn]([CH3])([CH3])[O]C. The van der Waals surface area contributed by atoms with E-state index in [9.17, 15) is 0 Å². The Hall–Kier alpha value is 2.20. The van der Waals surface area contributed by atoms with Crippen LogP contribution in [0, 0.1) is 0 Å². The third kappa shape index (κ3) is 13.2. The molecule has 0 amide bonds. The number of hydrogen-bond acceptors (Lipinski definition) is 5. The van der Waals surface area contributed by atoms with Crippen LogP contribution in [0.1, 0.15) is 0 Å². The van der Waals surface area contributed by atoms with Crippen molar-refractivity contribution in [1.29, 1.82) is 0 Å². The van der Waals surface area contributed by atoms with E-state index in [4.69, 9.17) is 13.7 Å². The summed E-state index contributed by atoms with van der Waals surface area (Å²) in [5.74, 6) is 0. The van der Waals surface area contributed by atoms with E-state index in [0.29, 0.717) is 0 Å². The van der Waals surface area contributed by atoms with Gasteiger partial charge in [0.15, 0.2) is 0 Å². The molecule has 0 atom stereocenters. The molecule has 0 aliphatic rings. The molecule has 0 radical (unpaired) electrons. The van der Waals surface area contributed by atoms with Gasteiger partial charge < -0.3 is 0 Å². The second-order valence-electron chi connectivity index (χ2n) is 5.12. The van der Waals surface area contributed by atoms with Crippen LogP contribution in [0.15, 0.2) is 0 Å². The average molecular weight is 586 g/mol. The van der Waals surface area contributed by atoms with E-state index in [1.807, 2.05) is 0 Å². The average Bonchev–Trinajstić information content (AvgIpc) is 2.29. The normalized spacial score (nSPS) is 13.0. The molecule has 0 aromatic heterocycles. The summed E-state index contributed by atoms with van der Waals surface area (Å²) in [4.78, 5) is 12.5. The van der Waals surface area contributed by atoms with E-state index >= 15 is 0 Å². The molecule has 5 nitrogen and oxygen atoms in total. The standard InChI is InChI=1S/4CH3O.6CH3.O.3Sn/c4*1-2;;;;;;;;;;/h4*1H3;6*1H3;;;;/q4*-1;;;;;;;;2*+1;+2. The molecule has 0 saturated carbocycles. The Kier molecular flexibility index (Phi) is 12.5. The van der Waals surface area contributed by atoms with Gasteiger partial charge >= 0.3 is 129 Å². The van der Waals surface area contributed by atoms with Crippen molar-refractivity contribution in [2.45, 2.75) is 29.6 Å². The van der Waals surface area contributed by atoms with Crippen LogP contribution in [-0.4, -0.2) is 86.1 Å². The molecule has 0 bridgehead atoms. The first-order chi connectivity index (χ1) is 7.95. The fourth-order valence-electron chi connectivity index (χ4n) is 0.759. The van der Waals surface area contributed by atoms with Crippen LogP contribution in [0.3, 0.4) is 0 Å². The summed E-state index contributed by atoms with van der Waals surface area (Å²) >= 11 is -7.41. The first kappa shape index (κ1) is 22.5. The van der Waals surface area contributed by atoms with Gasteiger partial charge in [-0.15, -0.1) is 0 Å². The number of hydrogen-bond donors (Lipinski definition) is 0. The van der Waals surface area contributed by atoms with E-state index in [0.717, 1.165) is 0 Å². The summed E-state index contributed by atoms with van der Waals surface area (Å²) in [6, 6.07) is 0. The van der Waals surface area contributed by atoms with Gasteiger partial charge in [0.1, 0.15) is 0 Å². The molecule has 0 aromatic carbocycles. The molecule has 8 heteroatoms. The molecule has 0 spiro atoms. The van der Waals surface area contributed by atoms with E-state index < -0.39 is 57.6 Å². The van der Waals surface area contributed by atoms with Crippen LogP contribution >= 0.6 is 0 Å². The molecule has 0 unspecified atom stereocenters. The fourth-order valence-corrected chi connectivity index (χ4v) is 30.9. The maximum absolute atomic E-state index is 5.90. The third-order valence-corrected chi connectivity index (χ3v) is 35.3. The van der Waals surface area contributed by atoms with Gasteiger partial charge in [-0.1, -0.05) is 0 Å². The molecule has 0 N–H and O–H groups in total. The number of rotatable bonds is 6. The van der Waals surface area contributed by atoms with Crippen LogP contribution in [0.25, 0.3) is 0 Å². The molecular formula is C10H30O5Sn3. The zero-order valence-corrected chi connectivity index (χ0v) is 22.1. The topological polar surface area (TPSA) is 46.2 Å². The summed E-state index contributed by atoms with van der Waals surface area (Å²) in [7, 11) is 6.88.